The van der Waals surface area contributed by atoms with Crippen LogP contribution in [0.5, 0.6) is 0 Å². The Hall–Kier alpha value is -1.54. The molecule has 0 aliphatic carbocycles. The summed E-state index contributed by atoms with van der Waals surface area (Å²) in [6.45, 7) is 1.81. The van der Waals surface area contributed by atoms with Gasteiger partial charge in [-0.25, -0.2) is 4.98 Å². The highest BCUT2D eigenvalue weighted by atomic mass is 79.9. The molecule has 0 atom stereocenters. The topological polar surface area (TPSA) is 63.8 Å². The molecule has 1 heterocycles. The highest BCUT2D eigenvalue weighted by molar-refractivity contribution is 9.10. The average molecular weight is 382 g/mol. The van der Waals surface area contributed by atoms with E-state index >= 15 is 0 Å². The molecule has 2 rings (SSSR count). The van der Waals surface area contributed by atoms with Gasteiger partial charge in [-0.05, 0) is 40.5 Å². The number of halogens is 5. The lowest BCUT2D eigenvalue weighted by molar-refractivity contribution is -0.141. The Balaban J connectivity index is 2.40. The van der Waals surface area contributed by atoms with Gasteiger partial charge in [0.2, 0.25) is 5.95 Å². The lowest BCUT2D eigenvalue weighted by atomic mass is 10.2. The molecule has 9 heteroatoms. The van der Waals surface area contributed by atoms with E-state index in [2.05, 4.69) is 31.2 Å². The Labute approximate surface area is 131 Å². The van der Waals surface area contributed by atoms with Crippen LogP contribution in [0.1, 0.15) is 11.3 Å². The lowest BCUT2D eigenvalue weighted by Gasteiger charge is -2.12. The number of rotatable bonds is 2. The molecule has 0 saturated carbocycles. The van der Waals surface area contributed by atoms with Crippen molar-refractivity contribution in [3.05, 3.63) is 39.0 Å². The molecule has 0 radical (unpaired) electrons. The number of nitrogen functional groups attached to an aromatic ring is 1. The maximum absolute atomic E-state index is 12.7. The van der Waals surface area contributed by atoms with Crippen LogP contribution in [-0.2, 0) is 6.18 Å². The van der Waals surface area contributed by atoms with E-state index in [-0.39, 0.29) is 5.82 Å². The summed E-state index contributed by atoms with van der Waals surface area (Å²) < 4.78 is 38.7. The summed E-state index contributed by atoms with van der Waals surface area (Å²) in [7, 11) is 0. The summed E-state index contributed by atoms with van der Waals surface area (Å²) in [5.41, 5.74) is 5.48. The van der Waals surface area contributed by atoms with Crippen molar-refractivity contribution in [3.63, 3.8) is 0 Å². The second-order valence-electron chi connectivity index (χ2n) is 4.20. The number of nitrogens with zero attached hydrogens (tertiary/aromatic N) is 2. The second kappa shape index (κ2) is 5.69. The molecule has 0 aliphatic rings. The molecule has 1 aromatic heterocycles. The molecule has 112 valence electrons. The Kier molecular flexibility index (Phi) is 4.29. The predicted octanol–water partition coefficient (Wildman–Crippen LogP) is 4.55. The molecule has 3 N–H and O–H groups in total. The van der Waals surface area contributed by atoms with Crippen molar-refractivity contribution in [1.29, 1.82) is 0 Å². The van der Waals surface area contributed by atoms with E-state index in [4.69, 9.17) is 17.3 Å². The first-order valence-corrected chi connectivity index (χ1v) is 6.78. The standard InChI is InChI=1S/C12H9BrClF3N4/c1-5-2-6(13)8(3-7(5)14)19-10-4-9(12(15,16)17)20-11(18)21-10/h2-4H,1H3,(H3,18,19,20,21). The van der Waals surface area contributed by atoms with E-state index < -0.39 is 17.8 Å². The highest BCUT2D eigenvalue weighted by Gasteiger charge is 2.33. The van der Waals surface area contributed by atoms with Gasteiger partial charge in [0.1, 0.15) is 5.82 Å². The van der Waals surface area contributed by atoms with E-state index in [1.54, 1.807) is 19.1 Å². The summed E-state index contributed by atoms with van der Waals surface area (Å²) in [5.74, 6) is -0.544. The normalized spacial score (nSPS) is 11.5. The quantitative estimate of drug-likeness (QED) is 0.801. The monoisotopic (exact) mass is 380 g/mol. The third-order valence-corrected chi connectivity index (χ3v) is 3.61. The van der Waals surface area contributed by atoms with E-state index in [9.17, 15) is 13.2 Å². The van der Waals surface area contributed by atoms with Crippen LogP contribution in [0.25, 0.3) is 0 Å². The van der Waals surface area contributed by atoms with Gasteiger partial charge in [0.05, 0.1) is 5.69 Å². The van der Waals surface area contributed by atoms with E-state index in [1.165, 1.54) is 0 Å². The number of benzene rings is 1. The number of aromatic nitrogens is 2. The van der Waals surface area contributed by atoms with Crippen LogP contribution in [0.3, 0.4) is 0 Å². The van der Waals surface area contributed by atoms with Crippen molar-refractivity contribution in [2.75, 3.05) is 11.1 Å². The minimum atomic E-state index is -4.60. The molecule has 4 nitrogen and oxygen atoms in total. The average Bonchev–Trinajstić information content (AvgIpc) is 2.34. The first kappa shape index (κ1) is 15.8. The van der Waals surface area contributed by atoms with Gasteiger partial charge in [0.25, 0.3) is 0 Å². The van der Waals surface area contributed by atoms with Crippen LogP contribution in [-0.4, -0.2) is 9.97 Å². The number of nitrogens with one attached hydrogen (secondary N) is 1. The molecule has 1 aromatic carbocycles. The molecular weight excluding hydrogens is 373 g/mol. The summed E-state index contributed by atoms with van der Waals surface area (Å²) in [6, 6.07) is 4.09. The van der Waals surface area contributed by atoms with Crippen molar-refractivity contribution < 1.29 is 13.2 Å². The predicted molar refractivity (Wildman–Crippen MR) is 78.6 cm³/mol. The van der Waals surface area contributed by atoms with Gasteiger partial charge in [-0.2, -0.15) is 18.2 Å². The molecule has 0 fully saturated rings. The van der Waals surface area contributed by atoms with Gasteiger partial charge in [0, 0.05) is 15.6 Å². The third-order valence-electron chi connectivity index (χ3n) is 2.54. The Morgan fingerprint density at radius 2 is 1.90 bits per heavy atom. The smallest absolute Gasteiger partial charge is 0.368 e. The van der Waals surface area contributed by atoms with Crippen molar-refractivity contribution in [2.45, 2.75) is 13.1 Å². The van der Waals surface area contributed by atoms with Crippen LogP contribution in [0.15, 0.2) is 22.7 Å². The SMILES string of the molecule is Cc1cc(Br)c(Nc2cc(C(F)(F)F)nc(N)n2)cc1Cl. The summed E-state index contributed by atoms with van der Waals surface area (Å²) >= 11 is 9.29. The number of nitrogens with two attached hydrogens (primary N) is 1. The Morgan fingerprint density at radius 3 is 2.52 bits per heavy atom. The third kappa shape index (κ3) is 3.76. The number of hydrogen-bond acceptors (Lipinski definition) is 4. The number of anilines is 3. The minimum Gasteiger partial charge on any atom is -0.368 e. The summed E-state index contributed by atoms with van der Waals surface area (Å²) in [5, 5.41) is 3.20. The summed E-state index contributed by atoms with van der Waals surface area (Å²) in [4.78, 5) is 6.89. The van der Waals surface area contributed by atoms with Gasteiger partial charge in [-0.3, -0.25) is 0 Å². The molecule has 0 unspecified atom stereocenters. The molecule has 0 aliphatic heterocycles. The van der Waals surface area contributed by atoms with Crippen molar-refractivity contribution in [2.24, 2.45) is 0 Å². The zero-order chi connectivity index (χ0) is 15.8. The first-order chi connectivity index (χ1) is 9.66. The van der Waals surface area contributed by atoms with Crippen LogP contribution in [0.2, 0.25) is 5.02 Å². The van der Waals surface area contributed by atoms with Crippen molar-refractivity contribution in [1.82, 2.24) is 9.97 Å². The molecule has 0 bridgehead atoms. The molecule has 0 spiro atoms. The maximum Gasteiger partial charge on any atom is 0.433 e. The van der Waals surface area contributed by atoms with Gasteiger partial charge >= 0.3 is 6.18 Å². The van der Waals surface area contributed by atoms with Gasteiger partial charge in [-0.1, -0.05) is 11.6 Å². The van der Waals surface area contributed by atoms with E-state index in [0.717, 1.165) is 11.6 Å². The molecule has 0 amide bonds. The van der Waals surface area contributed by atoms with Crippen LogP contribution in [0.4, 0.5) is 30.6 Å². The lowest BCUT2D eigenvalue weighted by Crippen LogP contribution is -2.12. The minimum absolute atomic E-state index is 0.0737. The highest BCUT2D eigenvalue weighted by Crippen LogP contribution is 2.33. The largest absolute Gasteiger partial charge is 0.433 e. The van der Waals surface area contributed by atoms with Crippen molar-refractivity contribution in [3.8, 4) is 0 Å². The molecular formula is C12H9BrClF3N4. The van der Waals surface area contributed by atoms with Crippen LogP contribution in [0, 0.1) is 6.92 Å². The second-order valence-corrected chi connectivity index (χ2v) is 5.46. The van der Waals surface area contributed by atoms with Gasteiger partial charge in [0.15, 0.2) is 5.69 Å². The molecule has 0 saturated heterocycles. The Bertz CT molecular complexity index is 691. The molecule has 21 heavy (non-hydrogen) atoms. The number of aryl methyl sites for hydroxylation is 1. The Morgan fingerprint density at radius 1 is 1.24 bits per heavy atom. The summed E-state index contributed by atoms with van der Waals surface area (Å²) in [6.07, 6.45) is -4.60. The zero-order valence-corrected chi connectivity index (χ0v) is 12.9. The first-order valence-electron chi connectivity index (χ1n) is 5.61. The fraction of sp³-hybridized carbons (Fsp3) is 0.167. The van der Waals surface area contributed by atoms with Crippen molar-refractivity contribution >= 4 is 45.0 Å². The van der Waals surface area contributed by atoms with Crippen LogP contribution >= 0.6 is 27.5 Å². The molecule has 2 aromatic rings. The van der Waals surface area contributed by atoms with E-state index in [0.29, 0.717) is 15.2 Å². The number of hydrogen-bond donors (Lipinski definition) is 2. The fourth-order valence-corrected chi connectivity index (χ4v) is 2.28. The fourth-order valence-electron chi connectivity index (χ4n) is 1.56. The van der Waals surface area contributed by atoms with Gasteiger partial charge < -0.3 is 11.1 Å². The van der Waals surface area contributed by atoms with E-state index in [1.807, 2.05) is 0 Å². The zero-order valence-electron chi connectivity index (χ0n) is 10.6. The van der Waals surface area contributed by atoms with Gasteiger partial charge in [-0.15, -0.1) is 0 Å². The maximum atomic E-state index is 12.7. The number of alkyl halides is 3. The van der Waals surface area contributed by atoms with Crippen LogP contribution < -0.4 is 11.1 Å².